The number of esters is 2. The van der Waals surface area contributed by atoms with Gasteiger partial charge in [-0.25, -0.2) is 4.79 Å². The summed E-state index contributed by atoms with van der Waals surface area (Å²) in [5.41, 5.74) is 1.51. The molecule has 1 rings (SSSR count). The summed E-state index contributed by atoms with van der Waals surface area (Å²) in [4.78, 5) is 23.7. The summed E-state index contributed by atoms with van der Waals surface area (Å²) in [6, 6.07) is 7.28. The molecule has 1 N–H and O–H groups in total. The van der Waals surface area contributed by atoms with Crippen LogP contribution in [0.3, 0.4) is 0 Å². The average molecular weight is 702 g/mol. The quantitative estimate of drug-likeness (QED) is 0.0758. The fourth-order valence-electron chi connectivity index (χ4n) is 4.03. The first-order valence-corrected chi connectivity index (χ1v) is 18.0. The van der Waals surface area contributed by atoms with Crippen molar-refractivity contribution in [3.05, 3.63) is 29.8 Å². The number of nitrogens with one attached hydrogen (secondary N) is 1. The largest absolute Gasteiger partial charge is 0.463 e. The number of carbonyl (C=O) groups is 2. The minimum absolute atomic E-state index is 0.156. The van der Waals surface area contributed by atoms with Crippen molar-refractivity contribution in [2.45, 2.75) is 58.8 Å². The molecule has 13 heteroatoms. The second-order valence-corrected chi connectivity index (χ2v) is 10.9. The standard InChI is InChI=1S/C36H63NO12/c1-3-5-7-8-9-35(38)48-31-29-46-27-25-44-23-21-42-19-17-40-15-16-41-18-20-43-22-24-45-26-28-47-30-32-49-36(39)33-10-12-34(13-11-33)37-14-6-4-2/h10-13,37H,3-9,14-32H2,1-2H3. The molecule has 0 amide bonds. The van der Waals surface area contributed by atoms with Crippen molar-refractivity contribution in [1.29, 1.82) is 0 Å². The van der Waals surface area contributed by atoms with Gasteiger partial charge in [0.15, 0.2) is 0 Å². The lowest BCUT2D eigenvalue weighted by molar-refractivity contribution is -0.145. The highest BCUT2D eigenvalue weighted by Gasteiger charge is 2.07. The molecule has 0 aliphatic carbocycles. The number of benzene rings is 1. The van der Waals surface area contributed by atoms with E-state index in [0.717, 1.165) is 50.8 Å². The van der Waals surface area contributed by atoms with Gasteiger partial charge in [0, 0.05) is 18.7 Å². The number of hydrogen-bond acceptors (Lipinski definition) is 13. The van der Waals surface area contributed by atoms with Crippen molar-refractivity contribution in [2.24, 2.45) is 0 Å². The molecule has 0 aliphatic rings. The van der Waals surface area contributed by atoms with Crippen LogP contribution in [-0.4, -0.2) is 137 Å². The van der Waals surface area contributed by atoms with E-state index in [-0.39, 0.29) is 25.2 Å². The van der Waals surface area contributed by atoms with Gasteiger partial charge in [0.2, 0.25) is 0 Å². The van der Waals surface area contributed by atoms with Crippen LogP contribution in [-0.2, 0) is 52.2 Å². The van der Waals surface area contributed by atoms with Gasteiger partial charge in [-0.15, -0.1) is 0 Å². The van der Waals surface area contributed by atoms with Gasteiger partial charge in [-0.2, -0.15) is 0 Å². The summed E-state index contributed by atoms with van der Waals surface area (Å²) < 4.78 is 54.0. The van der Waals surface area contributed by atoms with Crippen LogP contribution < -0.4 is 5.32 Å². The maximum absolute atomic E-state index is 12.1. The van der Waals surface area contributed by atoms with Gasteiger partial charge in [-0.1, -0.05) is 39.5 Å². The van der Waals surface area contributed by atoms with Crippen molar-refractivity contribution in [2.75, 3.05) is 131 Å². The molecule has 0 saturated heterocycles. The van der Waals surface area contributed by atoms with Crippen LogP contribution >= 0.6 is 0 Å². The Kier molecular flexibility index (Phi) is 32.3. The van der Waals surface area contributed by atoms with Crippen LogP contribution in [0, 0.1) is 0 Å². The highest BCUT2D eigenvalue weighted by atomic mass is 16.6. The van der Waals surface area contributed by atoms with E-state index in [1.165, 1.54) is 0 Å². The zero-order valence-electron chi connectivity index (χ0n) is 30.1. The average Bonchev–Trinajstić information content (AvgIpc) is 3.11. The third kappa shape index (κ3) is 30.2. The number of unbranched alkanes of at least 4 members (excludes halogenated alkanes) is 4. The molecule has 13 nitrogen and oxygen atoms in total. The van der Waals surface area contributed by atoms with E-state index in [0.29, 0.717) is 118 Å². The summed E-state index contributed by atoms with van der Waals surface area (Å²) >= 11 is 0. The van der Waals surface area contributed by atoms with Crippen molar-refractivity contribution < 1.29 is 57.0 Å². The van der Waals surface area contributed by atoms with Crippen LogP contribution in [0.4, 0.5) is 5.69 Å². The third-order valence-corrected chi connectivity index (χ3v) is 6.77. The summed E-state index contributed by atoms with van der Waals surface area (Å²) in [7, 11) is 0. The SMILES string of the molecule is CCCCCCC(=O)OCCOCCOCCOCCOCCOCCOCCOCCOCCOC(=O)c1ccc(NCCCC)cc1. The molecule has 284 valence electrons. The second-order valence-electron chi connectivity index (χ2n) is 10.9. The molecule has 0 aromatic heterocycles. The molecule has 0 fully saturated rings. The van der Waals surface area contributed by atoms with Crippen LogP contribution in [0.15, 0.2) is 24.3 Å². The molecular weight excluding hydrogens is 638 g/mol. The normalized spacial score (nSPS) is 11.1. The molecule has 0 atom stereocenters. The number of anilines is 1. The van der Waals surface area contributed by atoms with E-state index in [4.69, 9.17) is 47.4 Å². The van der Waals surface area contributed by atoms with Gasteiger partial charge in [0.05, 0.1) is 111 Å². The minimum atomic E-state index is -0.363. The van der Waals surface area contributed by atoms with Gasteiger partial charge < -0.3 is 52.7 Å². The molecule has 49 heavy (non-hydrogen) atoms. The lowest BCUT2D eigenvalue weighted by Crippen LogP contribution is -2.15. The van der Waals surface area contributed by atoms with Gasteiger partial charge in [0.1, 0.15) is 13.2 Å². The van der Waals surface area contributed by atoms with E-state index in [1.54, 1.807) is 12.1 Å². The molecule has 0 unspecified atom stereocenters. The molecule has 1 aromatic carbocycles. The Morgan fingerprint density at radius 1 is 0.469 bits per heavy atom. The molecular formula is C36H63NO12. The van der Waals surface area contributed by atoms with Crippen molar-refractivity contribution in [1.82, 2.24) is 0 Å². The van der Waals surface area contributed by atoms with Gasteiger partial charge in [0.25, 0.3) is 0 Å². The third-order valence-electron chi connectivity index (χ3n) is 6.77. The molecule has 0 aliphatic heterocycles. The van der Waals surface area contributed by atoms with Gasteiger partial charge in [-0.3, -0.25) is 4.79 Å². The highest BCUT2D eigenvalue weighted by Crippen LogP contribution is 2.11. The molecule has 0 spiro atoms. The van der Waals surface area contributed by atoms with E-state index >= 15 is 0 Å². The molecule has 1 aromatic rings. The Bertz CT molecular complexity index is 874. The Balaban J connectivity index is 1.71. The van der Waals surface area contributed by atoms with E-state index in [1.807, 2.05) is 12.1 Å². The van der Waals surface area contributed by atoms with Crippen LogP contribution in [0.1, 0.15) is 69.2 Å². The van der Waals surface area contributed by atoms with Gasteiger partial charge in [-0.05, 0) is 37.1 Å². The Morgan fingerprint density at radius 3 is 1.27 bits per heavy atom. The number of rotatable bonds is 37. The molecule has 0 bridgehead atoms. The maximum atomic E-state index is 12.1. The number of carbonyl (C=O) groups excluding carboxylic acids is 2. The lowest BCUT2D eigenvalue weighted by atomic mass is 10.2. The fraction of sp³-hybridized carbons (Fsp3) is 0.778. The molecule has 0 heterocycles. The van der Waals surface area contributed by atoms with E-state index in [9.17, 15) is 9.59 Å². The zero-order valence-corrected chi connectivity index (χ0v) is 30.1. The first-order valence-electron chi connectivity index (χ1n) is 18.0. The Hall–Kier alpha value is -2.36. The van der Waals surface area contributed by atoms with Crippen molar-refractivity contribution in [3.8, 4) is 0 Å². The van der Waals surface area contributed by atoms with Crippen LogP contribution in [0.25, 0.3) is 0 Å². The fourth-order valence-corrected chi connectivity index (χ4v) is 4.03. The monoisotopic (exact) mass is 701 g/mol. The van der Waals surface area contributed by atoms with Gasteiger partial charge >= 0.3 is 11.9 Å². The lowest BCUT2D eigenvalue weighted by Gasteiger charge is -2.09. The number of hydrogen-bond donors (Lipinski definition) is 1. The summed E-state index contributed by atoms with van der Waals surface area (Å²) in [6.07, 6.45) is 6.98. The van der Waals surface area contributed by atoms with E-state index in [2.05, 4.69) is 19.2 Å². The first kappa shape index (κ1) is 44.7. The maximum Gasteiger partial charge on any atom is 0.338 e. The molecule has 0 radical (unpaired) electrons. The Labute approximate surface area is 293 Å². The second kappa shape index (κ2) is 35.5. The smallest absolute Gasteiger partial charge is 0.338 e. The summed E-state index contributed by atoms with van der Waals surface area (Å²) in [5.74, 6) is -0.519. The Morgan fingerprint density at radius 2 is 0.857 bits per heavy atom. The summed E-state index contributed by atoms with van der Waals surface area (Å²) in [6.45, 7) is 12.9. The summed E-state index contributed by atoms with van der Waals surface area (Å²) in [5, 5.41) is 3.32. The highest BCUT2D eigenvalue weighted by molar-refractivity contribution is 5.89. The van der Waals surface area contributed by atoms with E-state index < -0.39 is 0 Å². The van der Waals surface area contributed by atoms with Crippen molar-refractivity contribution >= 4 is 17.6 Å². The zero-order chi connectivity index (χ0) is 35.3. The first-order chi connectivity index (χ1) is 24.2. The minimum Gasteiger partial charge on any atom is -0.463 e. The predicted molar refractivity (Wildman–Crippen MR) is 186 cm³/mol. The van der Waals surface area contributed by atoms with Crippen molar-refractivity contribution in [3.63, 3.8) is 0 Å². The topological polar surface area (TPSA) is 138 Å². The van der Waals surface area contributed by atoms with Crippen LogP contribution in [0.2, 0.25) is 0 Å². The van der Waals surface area contributed by atoms with Crippen LogP contribution in [0.5, 0.6) is 0 Å². The predicted octanol–water partition coefficient (Wildman–Crippen LogP) is 4.70. The molecule has 0 saturated carbocycles. The number of ether oxygens (including phenoxy) is 10.